The highest BCUT2D eigenvalue weighted by atomic mass is 35.5. The Labute approximate surface area is 144 Å². The third-order valence-corrected chi connectivity index (χ3v) is 5.12. The molecule has 2 rings (SSSR count). The van der Waals surface area contributed by atoms with E-state index in [4.69, 9.17) is 23.2 Å². The summed E-state index contributed by atoms with van der Waals surface area (Å²) < 4.78 is 31.8. The number of nitrogens with one attached hydrogen (secondary N) is 1. The molecule has 8 heteroatoms. The van der Waals surface area contributed by atoms with Crippen LogP contribution in [0, 0.1) is 0 Å². The molecule has 2 aromatic carbocycles. The summed E-state index contributed by atoms with van der Waals surface area (Å²) in [7, 11) is -2.69. The first-order valence-corrected chi connectivity index (χ1v) is 8.69. The summed E-state index contributed by atoms with van der Waals surface area (Å²) >= 11 is 11.8. The zero-order valence-electron chi connectivity index (χ0n) is 12.0. The van der Waals surface area contributed by atoms with Gasteiger partial charge in [0.1, 0.15) is 4.90 Å². The molecular weight excluding hydrogens is 361 g/mol. The molecule has 0 aliphatic rings. The number of sulfonamides is 1. The highest BCUT2D eigenvalue weighted by molar-refractivity contribution is 7.89. The number of hydrogen-bond acceptors (Lipinski definition) is 4. The number of esters is 1. The Balaban J connectivity index is 2.27. The fourth-order valence-electron chi connectivity index (χ4n) is 1.86. The molecule has 1 N–H and O–H groups in total. The number of hydrogen-bond donors (Lipinski definition) is 1. The van der Waals surface area contributed by atoms with Crippen LogP contribution in [-0.2, 0) is 21.3 Å². The van der Waals surface area contributed by atoms with Gasteiger partial charge in [-0.1, -0.05) is 35.3 Å². The predicted molar refractivity (Wildman–Crippen MR) is 88.3 cm³/mol. The van der Waals surface area contributed by atoms with Crippen LogP contribution in [0.4, 0.5) is 0 Å². The first kappa shape index (κ1) is 17.7. The molecule has 0 spiro atoms. The first-order chi connectivity index (χ1) is 10.8. The van der Waals surface area contributed by atoms with Gasteiger partial charge in [-0.2, -0.15) is 0 Å². The van der Waals surface area contributed by atoms with Gasteiger partial charge in [-0.05, 0) is 35.9 Å². The third-order valence-electron chi connectivity index (χ3n) is 3.00. The SMILES string of the molecule is COC(=O)c1ccc(Cl)c(S(=O)(=O)NCc2cccc(Cl)c2)c1. The van der Waals surface area contributed by atoms with E-state index in [2.05, 4.69) is 9.46 Å². The number of ether oxygens (including phenoxy) is 1. The van der Waals surface area contributed by atoms with Gasteiger partial charge in [0, 0.05) is 11.6 Å². The average Bonchev–Trinajstić information content (AvgIpc) is 2.52. The van der Waals surface area contributed by atoms with E-state index in [0.717, 1.165) is 0 Å². The lowest BCUT2D eigenvalue weighted by Gasteiger charge is -2.10. The van der Waals surface area contributed by atoms with Gasteiger partial charge in [-0.25, -0.2) is 17.9 Å². The van der Waals surface area contributed by atoms with Crippen LogP contribution in [0.25, 0.3) is 0 Å². The summed E-state index contributed by atoms with van der Waals surface area (Å²) in [6.45, 7) is 0.0433. The Kier molecular flexibility index (Phi) is 5.64. The summed E-state index contributed by atoms with van der Waals surface area (Å²) in [5, 5.41) is 0.517. The van der Waals surface area contributed by atoms with Crippen LogP contribution in [0.5, 0.6) is 0 Å². The number of rotatable bonds is 5. The zero-order valence-corrected chi connectivity index (χ0v) is 14.4. The Morgan fingerprint density at radius 1 is 1.17 bits per heavy atom. The normalized spacial score (nSPS) is 11.3. The van der Waals surface area contributed by atoms with E-state index >= 15 is 0 Å². The minimum absolute atomic E-state index is 0.0104. The van der Waals surface area contributed by atoms with Crippen LogP contribution in [-0.4, -0.2) is 21.5 Å². The molecule has 23 heavy (non-hydrogen) atoms. The topological polar surface area (TPSA) is 72.5 Å². The number of carbonyl (C=O) groups is 1. The van der Waals surface area contributed by atoms with Gasteiger partial charge in [0.15, 0.2) is 0 Å². The second kappa shape index (κ2) is 7.31. The van der Waals surface area contributed by atoms with E-state index in [1.165, 1.54) is 25.3 Å². The summed E-state index contributed by atoms with van der Waals surface area (Å²) in [5.41, 5.74) is 0.793. The first-order valence-electron chi connectivity index (χ1n) is 6.45. The number of carbonyl (C=O) groups excluding carboxylic acids is 1. The van der Waals surface area contributed by atoms with E-state index in [9.17, 15) is 13.2 Å². The van der Waals surface area contributed by atoms with E-state index in [1.807, 2.05) is 0 Å². The summed E-state index contributed by atoms with van der Waals surface area (Å²) in [6, 6.07) is 10.7. The minimum atomic E-state index is -3.90. The molecule has 0 bridgehead atoms. The molecule has 0 aromatic heterocycles. The van der Waals surface area contributed by atoms with Crippen LogP contribution >= 0.6 is 23.2 Å². The number of halogens is 2. The Morgan fingerprint density at radius 3 is 2.57 bits per heavy atom. The molecule has 0 saturated heterocycles. The molecule has 0 radical (unpaired) electrons. The molecule has 0 aliphatic heterocycles. The average molecular weight is 374 g/mol. The van der Waals surface area contributed by atoms with E-state index in [-0.39, 0.29) is 22.0 Å². The van der Waals surface area contributed by atoms with Gasteiger partial charge in [-0.3, -0.25) is 0 Å². The molecule has 5 nitrogen and oxygen atoms in total. The standard InChI is InChI=1S/C15H13Cl2NO4S/c1-22-15(19)11-5-6-13(17)14(8-11)23(20,21)18-9-10-3-2-4-12(16)7-10/h2-8,18H,9H2,1H3. The van der Waals surface area contributed by atoms with Gasteiger partial charge in [0.05, 0.1) is 17.7 Å². The minimum Gasteiger partial charge on any atom is -0.465 e. The van der Waals surface area contributed by atoms with Crippen LogP contribution in [0.3, 0.4) is 0 Å². The molecule has 0 fully saturated rings. The van der Waals surface area contributed by atoms with Crippen molar-refractivity contribution in [3.63, 3.8) is 0 Å². The molecule has 0 heterocycles. The Morgan fingerprint density at radius 2 is 1.91 bits per heavy atom. The molecule has 0 unspecified atom stereocenters. The third kappa shape index (κ3) is 4.45. The van der Waals surface area contributed by atoms with Gasteiger partial charge < -0.3 is 4.74 Å². The maximum Gasteiger partial charge on any atom is 0.337 e. The molecule has 0 saturated carbocycles. The van der Waals surface area contributed by atoms with Crippen molar-refractivity contribution in [3.8, 4) is 0 Å². The van der Waals surface area contributed by atoms with Crippen molar-refractivity contribution in [1.82, 2.24) is 4.72 Å². The molecule has 122 valence electrons. The predicted octanol–water partition coefficient (Wildman–Crippen LogP) is 3.26. The van der Waals surface area contributed by atoms with Crippen LogP contribution < -0.4 is 4.72 Å². The van der Waals surface area contributed by atoms with Gasteiger partial charge >= 0.3 is 5.97 Å². The quantitative estimate of drug-likeness (QED) is 0.816. The monoisotopic (exact) mass is 373 g/mol. The maximum absolute atomic E-state index is 12.4. The van der Waals surface area contributed by atoms with Crippen molar-refractivity contribution in [1.29, 1.82) is 0 Å². The van der Waals surface area contributed by atoms with Crippen molar-refractivity contribution < 1.29 is 17.9 Å². The smallest absolute Gasteiger partial charge is 0.337 e. The van der Waals surface area contributed by atoms with Crippen LogP contribution in [0.1, 0.15) is 15.9 Å². The van der Waals surface area contributed by atoms with Crippen molar-refractivity contribution >= 4 is 39.2 Å². The molecule has 0 atom stereocenters. The van der Waals surface area contributed by atoms with Crippen molar-refractivity contribution in [2.75, 3.05) is 7.11 Å². The van der Waals surface area contributed by atoms with Crippen molar-refractivity contribution in [2.45, 2.75) is 11.4 Å². The van der Waals surface area contributed by atoms with E-state index in [0.29, 0.717) is 10.6 Å². The van der Waals surface area contributed by atoms with Gasteiger partial charge in [0.2, 0.25) is 10.0 Å². The molecule has 0 amide bonds. The lowest BCUT2D eigenvalue weighted by atomic mass is 10.2. The summed E-state index contributed by atoms with van der Waals surface area (Å²) in [5.74, 6) is -0.645. The van der Waals surface area contributed by atoms with Crippen molar-refractivity contribution in [2.24, 2.45) is 0 Å². The number of benzene rings is 2. The summed E-state index contributed by atoms with van der Waals surface area (Å²) in [6.07, 6.45) is 0. The van der Waals surface area contributed by atoms with E-state index < -0.39 is 16.0 Å². The maximum atomic E-state index is 12.4. The molecule has 2 aromatic rings. The highest BCUT2D eigenvalue weighted by Crippen LogP contribution is 2.23. The van der Waals surface area contributed by atoms with E-state index in [1.54, 1.807) is 24.3 Å². The van der Waals surface area contributed by atoms with Crippen molar-refractivity contribution in [3.05, 3.63) is 63.6 Å². The Bertz CT molecular complexity index is 837. The number of methoxy groups -OCH3 is 1. The fourth-order valence-corrected chi connectivity index (χ4v) is 3.61. The fraction of sp³-hybridized carbons (Fsp3) is 0.133. The second-order valence-electron chi connectivity index (χ2n) is 4.59. The highest BCUT2D eigenvalue weighted by Gasteiger charge is 2.20. The molecular formula is C15H13Cl2NO4S. The van der Waals surface area contributed by atoms with Gasteiger partial charge in [0.25, 0.3) is 0 Å². The van der Waals surface area contributed by atoms with Crippen LogP contribution in [0.15, 0.2) is 47.4 Å². The lowest BCUT2D eigenvalue weighted by molar-refractivity contribution is 0.0600. The van der Waals surface area contributed by atoms with Gasteiger partial charge in [-0.15, -0.1) is 0 Å². The largest absolute Gasteiger partial charge is 0.465 e. The molecule has 0 aliphatic carbocycles. The Hall–Kier alpha value is -1.60. The second-order valence-corrected chi connectivity index (χ2v) is 7.17. The lowest BCUT2D eigenvalue weighted by Crippen LogP contribution is -2.24. The summed E-state index contributed by atoms with van der Waals surface area (Å²) in [4.78, 5) is 11.3. The zero-order chi connectivity index (χ0) is 17.0. The van der Waals surface area contributed by atoms with Crippen LogP contribution in [0.2, 0.25) is 10.0 Å².